The molecule has 4 nitrogen and oxygen atoms in total. The summed E-state index contributed by atoms with van der Waals surface area (Å²) in [5, 5.41) is 3.50. The van der Waals surface area contributed by atoms with Gasteiger partial charge in [0.1, 0.15) is 0 Å². The summed E-state index contributed by atoms with van der Waals surface area (Å²) in [7, 11) is -1.60. The van der Waals surface area contributed by atoms with Gasteiger partial charge >= 0.3 is 0 Å². The van der Waals surface area contributed by atoms with E-state index in [4.69, 9.17) is 11.6 Å². The van der Waals surface area contributed by atoms with Crippen LogP contribution in [0.25, 0.3) is 0 Å². The van der Waals surface area contributed by atoms with E-state index in [-0.39, 0.29) is 6.04 Å². The second-order valence-electron chi connectivity index (χ2n) is 5.10. The normalized spacial score (nSPS) is 20.4. The zero-order valence-electron chi connectivity index (χ0n) is 11.9. The van der Waals surface area contributed by atoms with Gasteiger partial charge in [-0.1, -0.05) is 24.6 Å². The molecule has 0 amide bonds. The first-order chi connectivity index (χ1) is 9.50. The number of sulfonamides is 1. The van der Waals surface area contributed by atoms with E-state index >= 15 is 0 Å². The van der Waals surface area contributed by atoms with Crippen LogP contribution in [0.5, 0.6) is 0 Å². The van der Waals surface area contributed by atoms with Gasteiger partial charge in [0, 0.05) is 24.2 Å². The van der Waals surface area contributed by atoms with Crippen molar-refractivity contribution in [2.45, 2.75) is 43.7 Å². The first-order valence-electron chi connectivity index (χ1n) is 6.95. The first-order valence-corrected chi connectivity index (χ1v) is 8.77. The molecule has 1 aliphatic rings. The molecule has 112 valence electrons. The van der Waals surface area contributed by atoms with Crippen LogP contribution in [0.1, 0.15) is 31.7 Å². The van der Waals surface area contributed by atoms with E-state index in [0.717, 1.165) is 24.8 Å². The van der Waals surface area contributed by atoms with Crippen LogP contribution in [0.4, 0.5) is 0 Å². The van der Waals surface area contributed by atoms with Crippen LogP contribution < -0.4 is 5.32 Å². The third kappa shape index (κ3) is 3.01. The molecule has 0 bridgehead atoms. The summed E-state index contributed by atoms with van der Waals surface area (Å²) in [6.07, 6.45) is 2.73. The van der Waals surface area contributed by atoms with Gasteiger partial charge in [-0.05, 0) is 44.0 Å². The van der Waals surface area contributed by atoms with Crippen LogP contribution in [-0.2, 0) is 16.6 Å². The second kappa shape index (κ2) is 6.43. The highest BCUT2D eigenvalue weighted by Crippen LogP contribution is 2.29. The Kier molecular flexibility index (Phi) is 5.07. The number of hydrogen-bond donors (Lipinski definition) is 1. The third-order valence-corrected chi connectivity index (χ3v) is 6.09. The number of benzene rings is 1. The number of halogens is 1. The Morgan fingerprint density at radius 1 is 1.45 bits per heavy atom. The predicted octanol–water partition coefficient (Wildman–Crippen LogP) is 2.62. The van der Waals surface area contributed by atoms with E-state index in [9.17, 15) is 8.42 Å². The van der Waals surface area contributed by atoms with E-state index in [1.165, 1.54) is 0 Å². The maximum absolute atomic E-state index is 12.7. The van der Waals surface area contributed by atoms with Crippen molar-refractivity contribution in [3.8, 4) is 0 Å². The van der Waals surface area contributed by atoms with Crippen LogP contribution >= 0.6 is 11.6 Å². The van der Waals surface area contributed by atoms with E-state index in [2.05, 4.69) is 5.32 Å². The maximum atomic E-state index is 12.7. The van der Waals surface area contributed by atoms with Gasteiger partial charge in [-0.2, -0.15) is 4.31 Å². The largest absolute Gasteiger partial charge is 0.316 e. The molecule has 1 fully saturated rings. The molecule has 0 spiro atoms. The Bertz CT molecular complexity index is 575. The van der Waals surface area contributed by atoms with Crippen LogP contribution in [0, 0.1) is 0 Å². The second-order valence-corrected chi connectivity index (χ2v) is 7.40. The van der Waals surface area contributed by atoms with Crippen molar-refractivity contribution in [2.75, 3.05) is 13.6 Å². The molecule has 1 aromatic rings. The van der Waals surface area contributed by atoms with Crippen LogP contribution in [0.2, 0.25) is 5.02 Å². The Balaban J connectivity index is 2.32. The van der Waals surface area contributed by atoms with Gasteiger partial charge in [0.15, 0.2) is 0 Å². The van der Waals surface area contributed by atoms with Gasteiger partial charge in [0.25, 0.3) is 0 Å². The zero-order chi connectivity index (χ0) is 14.8. The predicted molar refractivity (Wildman–Crippen MR) is 81.4 cm³/mol. The molecule has 1 heterocycles. The Labute approximate surface area is 126 Å². The Hall–Kier alpha value is -0.620. The molecule has 0 radical (unpaired) electrons. The lowest BCUT2D eigenvalue weighted by Gasteiger charge is -2.23. The summed E-state index contributed by atoms with van der Waals surface area (Å²) in [5.41, 5.74) is 0.904. The number of hydrogen-bond acceptors (Lipinski definition) is 3. The third-order valence-electron chi connectivity index (χ3n) is 3.79. The molecule has 1 unspecified atom stereocenters. The highest BCUT2D eigenvalue weighted by molar-refractivity contribution is 7.89. The van der Waals surface area contributed by atoms with Gasteiger partial charge in [-0.25, -0.2) is 8.42 Å². The highest BCUT2D eigenvalue weighted by Gasteiger charge is 2.34. The van der Waals surface area contributed by atoms with Gasteiger partial charge < -0.3 is 5.32 Å². The lowest BCUT2D eigenvalue weighted by molar-refractivity contribution is 0.379. The van der Waals surface area contributed by atoms with Gasteiger partial charge in [0.05, 0.1) is 4.90 Å². The summed E-state index contributed by atoms with van der Waals surface area (Å²) in [6, 6.07) is 5.12. The fourth-order valence-corrected chi connectivity index (χ4v) is 4.80. The van der Waals surface area contributed by atoms with Crippen molar-refractivity contribution < 1.29 is 8.42 Å². The van der Waals surface area contributed by atoms with E-state index in [0.29, 0.717) is 23.0 Å². The summed E-state index contributed by atoms with van der Waals surface area (Å²) < 4.78 is 27.0. The molecule has 0 aliphatic carbocycles. The van der Waals surface area contributed by atoms with Gasteiger partial charge in [0.2, 0.25) is 10.0 Å². The minimum absolute atomic E-state index is 0.121. The molecule has 1 aliphatic heterocycles. The van der Waals surface area contributed by atoms with E-state index in [1.807, 2.05) is 14.0 Å². The molecule has 1 aromatic carbocycles. The van der Waals surface area contributed by atoms with Crippen molar-refractivity contribution in [3.63, 3.8) is 0 Å². The van der Waals surface area contributed by atoms with Crippen molar-refractivity contribution in [2.24, 2.45) is 0 Å². The Morgan fingerprint density at radius 2 is 2.20 bits per heavy atom. The smallest absolute Gasteiger partial charge is 0.243 e. The van der Waals surface area contributed by atoms with Crippen LogP contribution in [0.15, 0.2) is 23.1 Å². The van der Waals surface area contributed by atoms with Crippen molar-refractivity contribution in [1.29, 1.82) is 0 Å². The van der Waals surface area contributed by atoms with Gasteiger partial charge in [-0.15, -0.1) is 0 Å². The molecule has 1 atom stereocenters. The van der Waals surface area contributed by atoms with Crippen molar-refractivity contribution >= 4 is 21.6 Å². The fraction of sp³-hybridized carbons (Fsp3) is 0.571. The molecule has 6 heteroatoms. The Morgan fingerprint density at radius 3 is 2.80 bits per heavy atom. The summed E-state index contributed by atoms with van der Waals surface area (Å²) in [4.78, 5) is 0.294. The summed E-state index contributed by atoms with van der Waals surface area (Å²) >= 11 is 6.17. The number of nitrogens with zero attached hydrogens (tertiary/aromatic N) is 1. The molecule has 0 aromatic heterocycles. The van der Waals surface area contributed by atoms with E-state index in [1.54, 1.807) is 22.5 Å². The van der Waals surface area contributed by atoms with Gasteiger partial charge in [-0.3, -0.25) is 0 Å². The summed E-state index contributed by atoms with van der Waals surface area (Å²) in [6.45, 7) is 3.26. The van der Waals surface area contributed by atoms with Crippen LogP contribution in [-0.4, -0.2) is 32.4 Å². The average Bonchev–Trinajstić information content (AvgIpc) is 2.90. The minimum Gasteiger partial charge on any atom is -0.316 e. The lowest BCUT2D eigenvalue weighted by atomic mass is 10.2. The van der Waals surface area contributed by atoms with E-state index < -0.39 is 10.0 Å². The molecule has 1 N–H and O–H groups in total. The number of rotatable bonds is 5. The molecular weight excluding hydrogens is 296 g/mol. The lowest BCUT2D eigenvalue weighted by Crippen LogP contribution is -2.35. The zero-order valence-corrected chi connectivity index (χ0v) is 13.5. The summed E-state index contributed by atoms with van der Waals surface area (Å²) in [5.74, 6) is 0. The number of nitrogens with one attached hydrogen (secondary N) is 1. The molecule has 20 heavy (non-hydrogen) atoms. The quantitative estimate of drug-likeness (QED) is 0.908. The monoisotopic (exact) mass is 316 g/mol. The molecule has 1 saturated heterocycles. The van der Waals surface area contributed by atoms with Crippen molar-refractivity contribution in [3.05, 3.63) is 28.8 Å². The molecule has 2 rings (SSSR count). The van der Waals surface area contributed by atoms with Crippen molar-refractivity contribution in [1.82, 2.24) is 9.62 Å². The SMILES string of the molecule is CCC1CCCN1S(=O)(=O)c1ccc(CNC)c(Cl)c1. The molecule has 0 saturated carbocycles. The topological polar surface area (TPSA) is 49.4 Å². The standard InChI is InChI=1S/C14H21ClN2O2S/c1-3-12-5-4-8-17(12)20(18,19)13-7-6-11(10-16-2)14(15)9-13/h6-7,9,12,16H,3-5,8,10H2,1-2H3. The molecular formula is C14H21ClN2O2S. The first kappa shape index (κ1) is 15.8. The maximum Gasteiger partial charge on any atom is 0.243 e. The average molecular weight is 317 g/mol. The minimum atomic E-state index is -3.43. The fourth-order valence-electron chi connectivity index (χ4n) is 2.69. The highest BCUT2D eigenvalue weighted by atomic mass is 35.5. The van der Waals surface area contributed by atoms with Crippen LogP contribution in [0.3, 0.4) is 0 Å².